The maximum Gasteiger partial charge on any atom is 0.304 e. The van der Waals surface area contributed by atoms with Gasteiger partial charge in [0.05, 0.1) is 12.2 Å². The summed E-state index contributed by atoms with van der Waals surface area (Å²) in [6.45, 7) is 3.66. The Hall–Kier alpha value is -0.620. The Morgan fingerprint density at radius 3 is 2.32 bits per heavy atom. The predicted octanol–water partition coefficient (Wildman–Crippen LogP) is 2.08. The zero-order valence-corrected chi connectivity index (χ0v) is 12.7. The molecular weight excluding hydrogens is 266 g/mol. The van der Waals surface area contributed by atoms with Crippen LogP contribution in [0.15, 0.2) is 0 Å². The Morgan fingerprint density at radius 2 is 1.84 bits per heavy atom. The molecule has 112 valence electrons. The predicted molar refractivity (Wildman–Crippen MR) is 74.5 cm³/mol. The van der Waals surface area contributed by atoms with E-state index in [9.17, 15) is 13.2 Å². The van der Waals surface area contributed by atoms with Gasteiger partial charge < -0.3 is 5.11 Å². The lowest BCUT2D eigenvalue weighted by atomic mass is 9.91. The molecule has 0 saturated heterocycles. The Balaban J connectivity index is 2.66. The zero-order chi connectivity index (χ0) is 14.5. The van der Waals surface area contributed by atoms with Crippen molar-refractivity contribution < 1.29 is 18.3 Å². The van der Waals surface area contributed by atoms with E-state index >= 15 is 0 Å². The topological polar surface area (TPSA) is 74.7 Å². The summed E-state index contributed by atoms with van der Waals surface area (Å²) in [4.78, 5) is 10.6. The monoisotopic (exact) mass is 291 g/mol. The summed E-state index contributed by atoms with van der Waals surface area (Å²) in [7, 11) is -3.35. The number of nitrogens with zero attached hydrogens (tertiary/aromatic N) is 1. The summed E-state index contributed by atoms with van der Waals surface area (Å²) in [5.41, 5.74) is 0. The highest BCUT2D eigenvalue weighted by atomic mass is 32.2. The lowest BCUT2D eigenvalue weighted by Gasteiger charge is -2.29. The van der Waals surface area contributed by atoms with Crippen molar-refractivity contribution in [1.29, 1.82) is 0 Å². The fraction of sp³-hybridized carbons (Fsp3) is 0.923. The van der Waals surface area contributed by atoms with Gasteiger partial charge in [-0.2, -0.15) is 4.31 Å². The Bertz CT molecular complexity index is 385. The molecule has 0 radical (unpaired) electrons. The Morgan fingerprint density at radius 1 is 1.26 bits per heavy atom. The number of rotatable bonds is 7. The molecule has 0 bridgehead atoms. The van der Waals surface area contributed by atoms with Crippen molar-refractivity contribution in [1.82, 2.24) is 4.31 Å². The van der Waals surface area contributed by atoms with Crippen molar-refractivity contribution in [2.75, 3.05) is 12.3 Å². The quantitative estimate of drug-likeness (QED) is 0.779. The van der Waals surface area contributed by atoms with Crippen molar-refractivity contribution in [3.05, 3.63) is 0 Å². The summed E-state index contributed by atoms with van der Waals surface area (Å²) in [5.74, 6) is -0.548. The molecule has 6 heteroatoms. The number of aliphatic carboxylic acids is 1. The van der Waals surface area contributed by atoms with E-state index in [4.69, 9.17) is 5.11 Å². The van der Waals surface area contributed by atoms with Gasteiger partial charge in [0, 0.05) is 12.6 Å². The molecule has 0 aromatic carbocycles. The van der Waals surface area contributed by atoms with E-state index in [0.29, 0.717) is 0 Å². The van der Waals surface area contributed by atoms with Gasteiger partial charge in [-0.25, -0.2) is 8.42 Å². The maximum absolute atomic E-state index is 12.4. The second-order valence-electron chi connectivity index (χ2n) is 5.63. The molecule has 0 aliphatic heterocycles. The van der Waals surface area contributed by atoms with Crippen molar-refractivity contribution in [3.8, 4) is 0 Å². The van der Waals surface area contributed by atoms with Crippen LogP contribution in [0.2, 0.25) is 0 Å². The third-order valence-electron chi connectivity index (χ3n) is 3.65. The largest absolute Gasteiger partial charge is 0.481 e. The number of hydrogen-bond acceptors (Lipinski definition) is 3. The molecule has 1 aliphatic carbocycles. The molecule has 1 saturated carbocycles. The molecule has 1 aliphatic rings. The van der Waals surface area contributed by atoms with Gasteiger partial charge in [0.15, 0.2) is 0 Å². The second kappa shape index (κ2) is 7.24. The van der Waals surface area contributed by atoms with Gasteiger partial charge in [-0.05, 0) is 32.6 Å². The van der Waals surface area contributed by atoms with Crippen LogP contribution in [0.1, 0.15) is 52.4 Å². The molecule has 0 amide bonds. The fourth-order valence-electron chi connectivity index (χ4n) is 2.67. The number of carboxylic acid groups (broad SMARTS) is 1. The first kappa shape index (κ1) is 16.4. The van der Waals surface area contributed by atoms with Crippen LogP contribution in [0.25, 0.3) is 0 Å². The number of carboxylic acids is 1. The average Bonchev–Trinajstić information content (AvgIpc) is 2.28. The molecule has 1 N–H and O–H groups in total. The third-order valence-corrected chi connectivity index (χ3v) is 5.86. The Labute approximate surface area is 116 Å². The number of hydrogen-bond donors (Lipinski definition) is 1. The minimum absolute atomic E-state index is 0.0715. The first-order chi connectivity index (χ1) is 8.83. The molecular formula is C13H25NO4S. The lowest BCUT2D eigenvalue weighted by molar-refractivity contribution is -0.137. The summed E-state index contributed by atoms with van der Waals surface area (Å²) in [6, 6.07) is -0.187. The first-order valence-electron chi connectivity index (χ1n) is 7.04. The first-order valence-corrected chi connectivity index (χ1v) is 8.65. The van der Waals surface area contributed by atoms with Gasteiger partial charge in [0.25, 0.3) is 0 Å². The molecule has 0 aromatic heterocycles. The highest BCUT2D eigenvalue weighted by Gasteiger charge is 2.29. The SMILES string of the molecule is CC(C)N(CCC(=O)O)S(=O)(=O)CC1CCCCC1. The van der Waals surface area contributed by atoms with Gasteiger partial charge in [0.2, 0.25) is 10.0 Å². The minimum Gasteiger partial charge on any atom is -0.481 e. The van der Waals surface area contributed by atoms with Crippen LogP contribution >= 0.6 is 0 Å². The molecule has 1 fully saturated rings. The van der Waals surface area contributed by atoms with Crippen molar-refractivity contribution in [3.63, 3.8) is 0 Å². The van der Waals surface area contributed by atoms with Crippen molar-refractivity contribution in [2.24, 2.45) is 5.92 Å². The second-order valence-corrected chi connectivity index (χ2v) is 7.60. The zero-order valence-electron chi connectivity index (χ0n) is 11.8. The highest BCUT2D eigenvalue weighted by Crippen LogP contribution is 2.26. The van der Waals surface area contributed by atoms with E-state index in [2.05, 4.69) is 0 Å². The smallest absolute Gasteiger partial charge is 0.304 e. The maximum atomic E-state index is 12.4. The normalized spacial score (nSPS) is 18.1. The number of sulfonamides is 1. The van der Waals surface area contributed by atoms with Crippen LogP contribution in [0.3, 0.4) is 0 Å². The van der Waals surface area contributed by atoms with Gasteiger partial charge in [-0.1, -0.05) is 19.3 Å². The molecule has 19 heavy (non-hydrogen) atoms. The van der Waals surface area contributed by atoms with Gasteiger partial charge >= 0.3 is 5.97 Å². The molecule has 1 rings (SSSR count). The van der Waals surface area contributed by atoms with E-state index in [1.54, 1.807) is 13.8 Å². The summed E-state index contributed by atoms with van der Waals surface area (Å²) < 4.78 is 26.1. The third kappa shape index (κ3) is 5.48. The summed E-state index contributed by atoms with van der Waals surface area (Å²) >= 11 is 0. The van der Waals surface area contributed by atoms with Crippen LogP contribution in [-0.4, -0.2) is 42.1 Å². The van der Waals surface area contributed by atoms with E-state index in [1.807, 2.05) is 0 Å². The van der Waals surface area contributed by atoms with Crippen LogP contribution in [0.4, 0.5) is 0 Å². The average molecular weight is 291 g/mol. The van der Waals surface area contributed by atoms with E-state index in [0.717, 1.165) is 25.7 Å². The van der Waals surface area contributed by atoms with Crippen LogP contribution in [0.5, 0.6) is 0 Å². The van der Waals surface area contributed by atoms with E-state index in [1.165, 1.54) is 10.7 Å². The van der Waals surface area contributed by atoms with Crippen LogP contribution in [0, 0.1) is 5.92 Å². The Kier molecular flexibility index (Phi) is 6.26. The fourth-order valence-corrected chi connectivity index (χ4v) is 4.80. The molecule has 5 nitrogen and oxygen atoms in total. The minimum atomic E-state index is -3.35. The molecule has 0 spiro atoms. The highest BCUT2D eigenvalue weighted by molar-refractivity contribution is 7.89. The van der Waals surface area contributed by atoms with Gasteiger partial charge in [0.1, 0.15) is 0 Å². The van der Waals surface area contributed by atoms with E-state index in [-0.39, 0.29) is 30.7 Å². The summed E-state index contributed by atoms with van der Waals surface area (Å²) in [6.07, 6.45) is 5.23. The molecule has 0 heterocycles. The van der Waals surface area contributed by atoms with Crippen molar-refractivity contribution >= 4 is 16.0 Å². The summed E-state index contributed by atoms with van der Waals surface area (Å²) in [5, 5.41) is 8.71. The molecule has 0 aromatic rings. The van der Waals surface area contributed by atoms with Gasteiger partial charge in [-0.15, -0.1) is 0 Å². The molecule has 0 atom stereocenters. The van der Waals surface area contributed by atoms with Crippen molar-refractivity contribution in [2.45, 2.75) is 58.4 Å². The van der Waals surface area contributed by atoms with Gasteiger partial charge in [-0.3, -0.25) is 4.79 Å². The molecule has 0 unspecified atom stereocenters. The standard InChI is InChI=1S/C13H25NO4S/c1-11(2)14(9-8-13(15)16)19(17,18)10-12-6-4-3-5-7-12/h11-12H,3-10H2,1-2H3,(H,15,16). The number of carbonyl (C=O) groups is 1. The lowest BCUT2D eigenvalue weighted by Crippen LogP contribution is -2.41. The van der Waals surface area contributed by atoms with E-state index < -0.39 is 16.0 Å². The van der Waals surface area contributed by atoms with Crippen LogP contribution < -0.4 is 0 Å². The van der Waals surface area contributed by atoms with Crippen LogP contribution in [-0.2, 0) is 14.8 Å².